The molecule has 0 spiro atoms. The van der Waals surface area contributed by atoms with Crippen LogP contribution in [0.25, 0.3) is 0 Å². The molecule has 1 rings (SSSR count). The average molecular weight is 152 g/mol. The van der Waals surface area contributed by atoms with Crippen LogP contribution in [0.15, 0.2) is 24.3 Å². The van der Waals surface area contributed by atoms with E-state index in [-0.39, 0.29) is 0 Å². The Balaban J connectivity index is 2.38. The summed E-state index contributed by atoms with van der Waals surface area (Å²) in [4.78, 5) is 10.4. The molecule has 0 amide bonds. The molecule has 0 fully saturated rings. The molecule has 1 aliphatic rings. The van der Waals surface area contributed by atoms with E-state index in [2.05, 4.69) is 19.6 Å². The van der Waals surface area contributed by atoms with Crippen LogP contribution in [0.5, 0.6) is 0 Å². The van der Waals surface area contributed by atoms with Gasteiger partial charge in [0.15, 0.2) is 0 Å². The lowest BCUT2D eigenvalue weighted by Gasteiger charge is -2.25. The number of rotatable bonds is 3. The van der Waals surface area contributed by atoms with Crippen LogP contribution in [0.1, 0.15) is 13.3 Å². The van der Waals surface area contributed by atoms with Crippen LogP contribution in [0, 0.1) is 11.8 Å². The Bertz CT molecular complexity index is 216. The average Bonchev–Trinajstić information content (AvgIpc) is 1.96. The number of carboxylic acid groups (broad SMARTS) is 1. The van der Waals surface area contributed by atoms with Gasteiger partial charge in [-0.25, -0.2) is 4.79 Å². The summed E-state index contributed by atoms with van der Waals surface area (Å²) in [6.45, 7) is 5.56. The Morgan fingerprint density at radius 2 is 2.27 bits per heavy atom. The van der Waals surface area contributed by atoms with E-state index < -0.39 is 5.97 Å². The van der Waals surface area contributed by atoms with Gasteiger partial charge in [0, 0.05) is 5.57 Å². The van der Waals surface area contributed by atoms with E-state index in [1.807, 2.05) is 6.08 Å². The van der Waals surface area contributed by atoms with Crippen molar-refractivity contribution in [3.8, 4) is 0 Å². The van der Waals surface area contributed by atoms with Crippen molar-refractivity contribution in [2.75, 3.05) is 0 Å². The first-order chi connectivity index (χ1) is 5.11. The zero-order valence-electron chi connectivity index (χ0n) is 6.58. The third kappa shape index (κ3) is 1.70. The molecule has 0 saturated heterocycles. The quantitative estimate of drug-likeness (QED) is 0.495. The minimum absolute atomic E-state index is 0.311. The number of hydrogen-bond donors (Lipinski definition) is 1. The van der Waals surface area contributed by atoms with Gasteiger partial charge in [-0.1, -0.05) is 25.7 Å². The van der Waals surface area contributed by atoms with Gasteiger partial charge in [-0.05, 0) is 18.3 Å². The van der Waals surface area contributed by atoms with Gasteiger partial charge in [-0.15, -0.1) is 0 Å². The van der Waals surface area contributed by atoms with Gasteiger partial charge >= 0.3 is 5.97 Å². The Hall–Kier alpha value is -1.05. The minimum atomic E-state index is -0.877. The lowest BCUT2D eigenvalue weighted by atomic mass is 9.80. The largest absolute Gasteiger partial charge is 0.478 e. The Kier molecular flexibility index (Phi) is 2.13. The highest BCUT2D eigenvalue weighted by Crippen LogP contribution is 2.29. The molecular weight excluding hydrogens is 140 g/mol. The predicted octanol–water partition coefficient (Wildman–Crippen LogP) is 1.84. The summed E-state index contributed by atoms with van der Waals surface area (Å²) in [6, 6.07) is 0. The highest BCUT2D eigenvalue weighted by Gasteiger charge is 2.21. The summed E-state index contributed by atoms with van der Waals surface area (Å²) in [5.74, 6) is 0.0437. The van der Waals surface area contributed by atoms with Gasteiger partial charge in [0.1, 0.15) is 0 Å². The summed E-state index contributed by atoms with van der Waals surface area (Å²) in [5.41, 5.74) is 0.311. The fourth-order valence-electron chi connectivity index (χ4n) is 1.12. The fraction of sp³-hybridized carbons (Fsp3) is 0.444. The molecule has 0 heterocycles. The first-order valence-electron chi connectivity index (χ1n) is 3.70. The number of aliphatic carboxylic acids is 1. The molecule has 0 unspecified atom stereocenters. The van der Waals surface area contributed by atoms with Gasteiger partial charge in [-0.2, -0.15) is 0 Å². The topological polar surface area (TPSA) is 37.3 Å². The molecule has 0 aromatic heterocycles. The van der Waals surface area contributed by atoms with Gasteiger partial charge in [-0.3, -0.25) is 0 Å². The van der Waals surface area contributed by atoms with E-state index in [1.54, 1.807) is 0 Å². The molecule has 0 bridgehead atoms. The summed E-state index contributed by atoms with van der Waals surface area (Å²) < 4.78 is 0. The monoisotopic (exact) mass is 152 g/mol. The first-order valence-corrected chi connectivity index (χ1v) is 3.70. The second kappa shape index (κ2) is 2.91. The summed E-state index contributed by atoms with van der Waals surface area (Å²) in [7, 11) is 0. The molecule has 2 atom stereocenters. The standard InChI is InChI=1S/C9H12O2/c1-6-3-4-8(6)5-7(2)9(10)11/h3-4,6,8H,2,5H2,1H3,(H,10,11)/t6-,8-/m0/s1. The molecule has 0 aliphatic heterocycles. The molecule has 2 heteroatoms. The van der Waals surface area contributed by atoms with E-state index in [1.165, 1.54) is 0 Å². The van der Waals surface area contributed by atoms with Crippen molar-refractivity contribution in [3.63, 3.8) is 0 Å². The van der Waals surface area contributed by atoms with Crippen molar-refractivity contribution >= 4 is 5.97 Å². The van der Waals surface area contributed by atoms with E-state index in [0.717, 1.165) is 0 Å². The number of carbonyl (C=O) groups is 1. The Morgan fingerprint density at radius 3 is 2.55 bits per heavy atom. The molecule has 1 aliphatic carbocycles. The summed E-state index contributed by atoms with van der Waals surface area (Å²) >= 11 is 0. The van der Waals surface area contributed by atoms with Gasteiger partial charge in [0.25, 0.3) is 0 Å². The normalized spacial score (nSPS) is 27.7. The third-order valence-electron chi connectivity index (χ3n) is 2.12. The molecule has 2 nitrogen and oxygen atoms in total. The van der Waals surface area contributed by atoms with E-state index in [4.69, 9.17) is 5.11 Å². The van der Waals surface area contributed by atoms with Crippen LogP contribution in [0.2, 0.25) is 0 Å². The lowest BCUT2D eigenvalue weighted by molar-refractivity contribution is -0.132. The van der Waals surface area contributed by atoms with Gasteiger partial charge in [0.2, 0.25) is 0 Å². The number of carboxylic acids is 1. The molecule has 0 radical (unpaired) electrons. The van der Waals surface area contributed by atoms with Crippen molar-refractivity contribution < 1.29 is 9.90 Å². The van der Waals surface area contributed by atoms with Crippen molar-refractivity contribution in [1.29, 1.82) is 0 Å². The van der Waals surface area contributed by atoms with Gasteiger partial charge in [0.05, 0.1) is 0 Å². The SMILES string of the molecule is C=C(C[C@@H]1C=C[C@@H]1C)C(=O)O. The Labute approximate surface area is 66.2 Å². The third-order valence-corrected chi connectivity index (χ3v) is 2.12. The number of allylic oxidation sites excluding steroid dienone is 2. The minimum Gasteiger partial charge on any atom is -0.478 e. The maximum atomic E-state index is 10.4. The fourth-order valence-corrected chi connectivity index (χ4v) is 1.12. The zero-order chi connectivity index (χ0) is 8.43. The van der Waals surface area contributed by atoms with Crippen LogP contribution < -0.4 is 0 Å². The van der Waals surface area contributed by atoms with Gasteiger partial charge < -0.3 is 5.11 Å². The molecule has 0 saturated carbocycles. The van der Waals surface area contributed by atoms with E-state index in [0.29, 0.717) is 23.8 Å². The first kappa shape index (κ1) is 8.05. The van der Waals surface area contributed by atoms with E-state index in [9.17, 15) is 4.79 Å². The summed E-state index contributed by atoms with van der Waals surface area (Å²) in [6.07, 6.45) is 4.71. The second-order valence-electron chi connectivity index (χ2n) is 3.02. The molecule has 1 N–H and O–H groups in total. The molecular formula is C9H12O2. The Morgan fingerprint density at radius 1 is 1.64 bits per heavy atom. The van der Waals surface area contributed by atoms with Crippen molar-refractivity contribution in [2.45, 2.75) is 13.3 Å². The molecule has 60 valence electrons. The van der Waals surface area contributed by atoms with Crippen LogP contribution in [-0.4, -0.2) is 11.1 Å². The smallest absolute Gasteiger partial charge is 0.330 e. The van der Waals surface area contributed by atoms with E-state index >= 15 is 0 Å². The zero-order valence-corrected chi connectivity index (χ0v) is 6.58. The highest BCUT2D eigenvalue weighted by molar-refractivity contribution is 5.85. The summed E-state index contributed by atoms with van der Waals surface area (Å²) in [5, 5.41) is 8.51. The molecule has 11 heavy (non-hydrogen) atoms. The van der Waals surface area contributed by atoms with Crippen LogP contribution in [0.4, 0.5) is 0 Å². The van der Waals surface area contributed by atoms with Crippen molar-refractivity contribution in [1.82, 2.24) is 0 Å². The lowest BCUT2D eigenvalue weighted by Crippen LogP contribution is -2.17. The highest BCUT2D eigenvalue weighted by atomic mass is 16.4. The molecule has 0 aromatic carbocycles. The molecule has 0 aromatic rings. The maximum Gasteiger partial charge on any atom is 0.330 e. The van der Waals surface area contributed by atoms with Crippen molar-refractivity contribution in [3.05, 3.63) is 24.3 Å². The predicted molar refractivity (Wildman–Crippen MR) is 43.2 cm³/mol. The van der Waals surface area contributed by atoms with Crippen LogP contribution in [0.3, 0.4) is 0 Å². The van der Waals surface area contributed by atoms with Crippen LogP contribution in [-0.2, 0) is 4.79 Å². The number of hydrogen-bond acceptors (Lipinski definition) is 1. The second-order valence-corrected chi connectivity index (χ2v) is 3.02. The van der Waals surface area contributed by atoms with Crippen LogP contribution >= 0.6 is 0 Å². The van der Waals surface area contributed by atoms with Crippen molar-refractivity contribution in [2.24, 2.45) is 11.8 Å². The maximum absolute atomic E-state index is 10.4.